The van der Waals surface area contributed by atoms with Gasteiger partial charge in [0.15, 0.2) is 0 Å². The van der Waals surface area contributed by atoms with E-state index in [2.05, 4.69) is 218 Å². The van der Waals surface area contributed by atoms with Gasteiger partial charge in [-0.2, -0.15) is 0 Å². The zero-order chi connectivity index (χ0) is 36.4. The van der Waals surface area contributed by atoms with Crippen molar-refractivity contribution in [2.75, 3.05) is 4.90 Å². The van der Waals surface area contributed by atoms with Crippen molar-refractivity contribution in [2.24, 2.45) is 0 Å². The highest BCUT2D eigenvalue weighted by molar-refractivity contribution is 6.12. The number of rotatable bonds is 6. The number of fused-ring (bicyclic) bond motifs is 6. The molecule has 10 rings (SSSR count). The molecule has 8 aromatic carbocycles. The smallest absolute Gasteiger partial charge is 0.0543 e. The van der Waals surface area contributed by atoms with Crippen LogP contribution in [0.25, 0.3) is 60.9 Å². The van der Waals surface area contributed by atoms with Crippen LogP contribution in [0.4, 0.5) is 17.1 Å². The first-order valence-corrected chi connectivity index (χ1v) is 18.9. The van der Waals surface area contributed by atoms with Crippen LogP contribution in [0.5, 0.6) is 0 Å². The third kappa shape index (κ3) is 5.09. The van der Waals surface area contributed by atoms with Crippen LogP contribution in [-0.2, 0) is 5.41 Å². The number of aromatic nitrogens is 1. The fourth-order valence-electron chi connectivity index (χ4n) is 8.80. The van der Waals surface area contributed by atoms with E-state index >= 15 is 0 Å². The Morgan fingerprint density at radius 1 is 0.426 bits per heavy atom. The molecular formula is C52H40N2. The number of benzene rings is 8. The van der Waals surface area contributed by atoms with Gasteiger partial charge in [-0.3, -0.25) is 0 Å². The minimum absolute atomic E-state index is 0.0880. The number of nitrogens with zero attached hydrogens (tertiary/aromatic N) is 2. The molecule has 0 atom stereocenters. The zero-order valence-corrected chi connectivity index (χ0v) is 30.8. The molecule has 0 spiro atoms. The first kappa shape index (κ1) is 32.0. The Hall–Kier alpha value is -6.64. The summed E-state index contributed by atoms with van der Waals surface area (Å²) in [6.45, 7) is 6.92. The molecule has 0 bridgehead atoms. The van der Waals surface area contributed by atoms with Crippen molar-refractivity contribution < 1.29 is 0 Å². The Morgan fingerprint density at radius 3 is 1.72 bits per heavy atom. The molecule has 54 heavy (non-hydrogen) atoms. The van der Waals surface area contributed by atoms with Gasteiger partial charge in [-0.15, -0.1) is 0 Å². The van der Waals surface area contributed by atoms with Gasteiger partial charge in [-0.1, -0.05) is 135 Å². The third-order valence-corrected chi connectivity index (χ3v) is 11.5. The highest BCUT2D eigenvalue weighted by Gasteiger charge is 2.35. The minimum Gasteiger partial charge on any atom is -0.310 e. The minimum atomic E-state index is -0.0880. The molecule has 0 radical (unpaired) electrons. The van der Waals surface area contributed by atoms with Gasteiger partial charge in [-0.25, -0.2) is 0 Å². The van der Waals surface area contributed by atoms with Gasteiger partial charge >= 0.3 is 0 Å². The summed E-state index contributed by atoms with van der Waals surface area (Å²) < 4.78 is 2.39. The quantitative estimate of drug-likeness (QED) is 0.168. The second-order valence-electron chi connectivity index (χ2n) is 15.1. The molecule has 9 aromatic rings. The van der Waals surface area contributed by atoms with E-state index in [1.54, 1.807) is 0 Å². The van der Waals surface area contributed by atoms with Gasteiger partial charge in [0.25, 0.3) is 0 Å². The summed E-state index contributed by atoms with van der Waals surface area (Å²) in [5, 5.41) is 2.58. The maximum atomic E-state index is 2.41. The summed E-state index contributed by atoms with van der Waals surface area (Å²) in [7, 11) is 0. The van der Waals surface area contributed by atoms with E-state index in [1.165, 1.54) is 77.6 Å². The van der Waals surface area contributed by atoms with Crippen molar-refractivity contribution in [1.82, 2.24) is 4.57 Å². The van der Waals surface area contributed by atoms with Crippen molar-refractivity contribution in [3.05, 3.63) is 205 Å². The molecule has 2 heteroatoms. The van der Waals surface area contributed by atoms with E-state index in [0.717, 1.165) is 17.1 Å². The highest BCUT2D eigenvalue weighted by Crippen LogP contribution is 2.50. The molecule has 0 N–H and O–H groups in total. The summed E-state index contributed by atoms with van der Waals surface area (Å²) in [6.07, 6.45) is 0. The Morgan fingerprint density at radius 2 is 1.00 bits per heavy atom. The van der Waals surface area contributed by atoms with Crippen LogP contribution in [0, 0.1) is 6.92 Å². The SMILES string of the molecule is Cc1cccc2c1c1cc(-c3ccc(N(c4ccc(-c5ccccc5)cc4)c4ccc5c(c4)C(C)(C)c4ccccc4-5)cc3)ccc1n2-c1ccccc1. The van der Waals surface area contributed by atoms with Gasteiger partial charge in [0.05, 0.1) is 11.0 Å². The van der Waals surface area contributed by atoms with Crippen LogP contribution in [0.3, 0.4) is 0 Å². The van der Waals surface area contributed by atoms with E-state index in [0.29, 0.717) is 0 Å². The molecule has 2 nitrogen and oxygen atoms in total. The topological polar surface area (TPSA) is 8.17 Å². The molecule has 0 amide bonds. The van der Waals surface area contributed by atoms with Crippen LogP contribution in [0.2, 0.25) is 0 Å². The van der Waals surface area contributed by atoms with Crippen molar-refractivity contribution in [3.63, 3.8) is 0 Å². The third-order valence-electron chi connectivity index (χ3n) is 11.5. The number of aryl methyl sites for hydroxylation is 1. The molecule has 1 aromatic heterocycles. The predicted molar refractivity (Wildman–Crippen MR) is 229 cm³/mol. The van der Waals surface area contributed by atoms with Crippen LogP contribution in [0.15, 0.2) is 188 Å². The zero-order valence-electron chi connectivity index (χ0n) is 30.8. The molecule has 1 aliphatic rings. The first-order valence-electron chi connectivity index (χ1n) is 18.9. The normalized spacial score (nSPS) is 12.9. The van der Waals surface area contributed by atoms with E-state index in [1.807, 2.05) is 0 Å². The Kier molecular flexibility index (Phi) is 7.42. The van der Waals surface area contributed by atoms with E-state index in [9.17, 15) is 0 Å². The Bertz CT molecular complexity index is 2830. The second kappa shape index (κ2) is 12.5. The van der Waals surface area contributed by atoms with Gasteiger partial charge in [0.1, 0.15) is 0 Å². The number of anilines is 3. The summed E-state index contributed by atoms with van der Waals surface area (Å²) in [5.74, 6) is 0. The number of hydrogen-bond donors (Lipinski definition) is 0. The summed E-state index contributed by atoms with van der Waals surface area (Å²) in [6, 6.07) is 68.8. The largest absolute Gasteiger partial charge is 0.310 e. The first-order chi connectivity index (χ1) is 26.5. The fraction of sp³-hybridized carbons (Fsp3) is 0.0769. The van der Waals surface area contributed by atoms with Crippen LogP contribution in [-0.4, -0.2) is 4.57 Å². The average Bonchev–Trinajstić information content (AvgIpc) is 3.68. The lowest BCUT2D eigenvalue weighted by atomic mass is 9.82. The van der Waals surface area contributed by atoms with Gasteiger partial charge in [0.2, 0.25) is 0 Å². The monoisotopic (exact) mass is 692 g/mol. The lowest BCUT2D eigenvalue weighted by Crippen LogP contribution is -2.16. The van der Waals surface area contributed by atoms with Crippen molar-refractivity contribution in [3.8, 4) is 39.1 Å². The van der Waals surface area contributed by atoms with Gasteiger partial charge < -0.3 is 9.47 Å². The maximum Gasteiger partial charge on any atom is 0.0543 e. The summed E-state index contributed by atoms with van der Waals surface area (Å²) >= 11 is 0. The maximum absolute atomic E-state index is 2.41. The average molecular weight is 693 g/mol. The predicted octanol–water partition coefficient (Wildman–Crippen LogP) is 14.2. The van der Waals surface area contributed by atoms with Crippen molar-refractivity contribution in [2.45, 2.75) is 26.2 Å². The van der Waals surface area contributed by atoms with E-state index in [4.69, 9.17) is 0 Å². The highest BCUT2D eigenvalue weighted by atomic mass is 15.1. The molecule has 1 heterocycles. The standard InChI is InChI=1S/C52H40N2/c1-35-13-12-20-50-51(35)46-33-39(25-32-49(46)54(50)40-16-8-5-9-17-40)38-23-28-42(29-24-38)53(41-26-21-37(22-27-41)36-14-6-4-7-15-36)43-30-31-45-44-18-10-11-19-47(44)52(2,3)48(45)34-43/h4-34H,1-3H3. The summed E-state index contributed by atoms with van der Waals surface area (Å²) in [4.78, 5) is 2.40. The van der Waals surface area contributed by atoms with Crippen molar-refractivity contribution >= 4 is 38.9 Å². The molecule has 0 unspecified atom stereocenters. The second-order valence-corrected chi connectivity index (χ2v) is 15.1. The number of hydrogen-bond acceptors (Lipinski definition) is 1. The summed E-state index contributed by atoms with van der Waals surface area (Å²) in [5.41, 5.74) is 18.5. The van der Waals surface area contributed by atoms with Gasteiger partial charge in [-0.05, 0) is 124 Å². The Balaban J connectivity index is 1.08. The van der Waals surface area contributed by atoms with Gasteiger partial charge in [0, 0.05) is 38.9 Å². The van der Waals surface area contributed by atoms with E-state index < -0.39 is 0 Å². The molecule has 0 aliphatic heterocycles. The molecule has 0 saturated heterocycles. The van der Waals surface area contributed by atoms with Crippen LogP contribution >= 0.6 is 0 Å². The molecule has 1 aliphatic carbocycles. The number of para-hydroxylation sites is 1. The molecule has 258 valence electrons. The van der Waals surface area contributed by atoms with Crippen molar-refractivity contribution in [1.29, 1.82) is 0 Å². The molecular weight excluding hydrogens is 653 g/mol. The molecule has 0 saturated carbocycles. The van der Waals surface area contributed by atoms with Crippen LogP contribution < -0.4 is 4.90 Å². The Labute approximate surface area is 317 Å². The lowest BCUT2D eigenvalue weighted by Gasteiger charge is -2.28. The lowest BCUT2D eigenvalue weighted by molar-refractivity contribution is 0.660. The van der Waals surface area contributed by atoms with Crippen LogP contribution in [0.1, 0.15) is 30.5 Å². The van der Waals surface area contributed by atoms with E-state index in [-0.39, 0.29) is 5.41 Å². The molecule has 0 fully saturated rings. The fourth-order valence-corrected chi connectivity index (χ4v) is 8.80.